The van der Waals surface area contributed by atoms with Crippen LogP contribution in [0.15, 0.2) is 60.0 Å². The van der Waals surface area contributed by atoms with Crippen LogP contribution in [-0.4, -0.2) is 34.9 Å². The number of anilines is 1. The first-order chi connectivity index (χ1) is 14.6. The average molecular weight is 420 g/mol. The minimum absolute atomic E-state index is 0.177. The number of nitrogens with zero attached hydrogens (tertiary/aromatic N) is 3. The Morgan fingerprint density at radius 2 is 1.50 bits per heavy atom. The number of nitrogens with one attached hydrogen (secondary N) is 1. The van der Waals surface area contributed by atoms with E-state index in [-0.39, 0.29) is 5.91 Å². The lowest BCUT2D eigenvalue weighted by atomic mass is 10.1. The summed E-state index contributed by atoms with van der Waals surface area (Å²) in [6.45, 7) is 1.47. The molecular formula is C22H20N4O3S. The summed E-state index contributed by atoms with van der Waals surface area (Å²) < 4.78 is 12.1. The first-order valence-corrected chi connectivity index (χ1v) is 10.1. The lowest BCUT2D eigenvalue weighted by molar-refractivity contribution is -0.114. The molecule has 2 heterocycles. The predicted molar refractivity (Wildman–Crippen MR) is 118 cm³/mol. The third-order valence-electron chi connectivity index (χ3n) is 4.46. The van der Waals surface area contributed by atoms with E-state index in [0.717, 1.165) is 34.0 Å². The topological polar surface area (TPSA) is 78.3 Å². The smallest absolute Gasteiger partial charge is 0.222 e. The monoisotopic (exact) mass is 420 g/mol. The maximum Gasteiger partial charge on any atom is 0.222 e. The third kappa shape index (κ3) is 4.04. The quantitative estimate of drug-likeness (QED) is 0.492. The molecule has 0 bridgehead atoms. The van der Waals surface area contributed by atoms with Crippen molar-refractivity contribution >= 4 is 23.1 Å². The summed E-state index contributed by atoms with van der Waals surface area (Å²) in [5, 5.41) is 10.1. The number of thiazole rings is 1. The molecule has 4 aromatic rings. The number of ether oxygens (including phenoxy) is 2. The average Bonchev–Trinajstić information content (AvgIpc) is 3.41. The van der Waals surface area contributed by atoms with Gasteiger partial charge in [-0.1, -0.05) is 0 Å². The fourth-order valence-corrected chi connectivity index (χ4v) is 3.75. The van der Waals surface area contributed by atoms with E-state index in [2.05, 4.69) is 10.4 Å². The number of rotatable bonds is 6. The van der Waals surface area contributed by atoms with Crippen molar-refractivity contribution in [2.75, 3.05) is 19.5 Å². The van der Waals surface area contributed by atoms with Crippen LogP contribution in [0.5, 0.6) is 11.5 Å². The van der Waals surface area contributed by atoms with Gasteiger partial charge in [-0.25, -0.2) is 4.98 Å². The lowest BCUT2D eigenvalue weighted by Crippen LogP contribution is -2.10. The maximum atomic E-state index is 11.7. The molecule has 0 atom stereocenters. The van der Waals surface area contributed by atoms with Crippen LogP contribution in [0, 0.1) is 0 Å². The van der Waals surface area contributed by atoms with Crippen LogP contribution in [0.25, 0.3) is 27.6 Å². The molecule has 30 heavy (non-hydrogen) atoms. The molecule has 0 radical (unpaired) electrons. The molecule has 1 N–H and O–H groups in total. The van der Waals surface area contributed by atoms with E-state index in [4.69, 9.17) is 14.5 Å². The van der Waals surface area contributed by atoms with E-state index in [9.17, 15) is 4.79 Å². The minimum atomic E-state index is -0.177. The summed E-state index contributed by atoms with van der Waals surface area (Å²) in [6.07, 6.45) is 0. The Balaban J connectivity index is 1.70. The minimum Gasteiger partial charge on any atom is -0.497 e. The lowest BCUT2D eigenvalue weighted by Gasteiger charge is -2.04. The van der Waals surface area contributed by atoms with E-state index in [1.807, 2.05) is 60.0 Å². The molecule has 7 nitrogen and oxygen atoms in total. The van der Waals surface area contributed by atoms with E-state index >= 15 is 0 Å². The molecule has 0 fully saturated rings. The molecule has 152 valence electrons. The molecule has 0 spiro atoms. The number of hydrogen-bond acceptors (Lipinski definition) is 6. The second kappa shape index (κ2) is 8.38. The number of benzene rings is 2. The highest BCUT2D eigenvalue weighted by molar-refractivity contribution is 7.12. The fraction of sp³-hybridized carbons (Fsp3) is 0.136. The first kappa shape index (κ1) is 19.7. The molecule has 1 amide bonds. The molecule has 2 aromatic heterocycles. The van der Waals surface area contributed by atoms with Gasteiger partial charge in [-0.05, 0) is 48.5 Å². The second-order valence-electron chi connectivity index (χ2n) is 6.48. The highest BCUT2D eigenvalue weighted by Gasteiger charge is 2.16. The van der Waals surface area contributed by atoms with Gasteiger partial charge in [0.15, 0.2) is 0 Å². The standard InChI is InChI=1S/C22H20N4O3S/c1-14(27)23-21-12-19(15-4-8-17(28-2)9-5-15)25-26(21)22-24-20(13-30-22)16-6-10-18(29-3)11-7-16/h4-13H,1-3H3,(H,23,27). The van der Waals surface area contributed by atoms with Crippen molar-refractivity contribution in [2.24, 2.45) is 0 Å². The Hall–Kier alpha value is -3.65. The van der Waals surface area contributed by atoms with Gasteiger partial charge < -0.3 is 14.8 Å². The van der Waals surface area contributed by atoms with E-state index in [1.54, 1.807) is 18.9 Å². The number of aromatic nitrogens is 3. The van der Waals surface area contributed by atoms with Crippen molar-refractivity contribution in [3.8, 4) is 39.1 Å². The van der Waals surface area contributed by atoms with Crippen molar-refractivity contribution in [3.05, 3.63) is 60.0 Å². The highest BCUT2D eigenvalue weighted by Crippen LogP contribution is 2.30. The van der Waals surface area contributed by atoms with Crippen molar-refractivity contribution in [1.29, 1.82) is 0 Å². The summed E-state index contributed by atoms with van der Waals surface area (Å²) in [5.41, 5.74) is 3.44. The van der Waals surface area contributed by atoms with E-state index < -0.39 is 0 Å². The van der Waals surface area contributed by atoms with Crippen molar-refractivity contribution in [2.45, 2.75) is 6.92 Å². The Morgan fingerprint density at radius 1 is 0.933 bits per heavy atom. The molecule has 2 aromatic carbocycles. The van der Waals surface area contributed by atoms with Gasteiger partial charge >= 0.3 is 0 Å². The number of carbonyl (C=O) groups is 1. The molecule has 8 heteroatoms. The van der Waals surface area contributed by atoms with Gasteiger partial charge in [0.05, 0.1) is 25.6 Å². The third-order valence-corrected chi connectivity index (χ3v) is 5.27. The first-order valence-electron chi connectivity index (χ1n) is 9.20. The van der Waals surface area contributed by atoms with Crippen LogP contribution in [0.2, 0.25) is 0 Å². The van der Waals surface area contributed by atoms with Crippen LogP contribution in [0.3, 0.4) is 0 Å². The zero-order chi connectivity index (χ0) is 21.1. The molecule has 0 saturated heterocycles. The number of amides is 1. The summed E-state index contributed by atoms with van der Waals surface area (Å²) in [7, 11) is 3.26. The van der Waals surface area contributed by atoms with Crippen LogP contribution >= 0.6 is 11.3 Å². The molecule has 0 aliphatic heterocycles. The van der Waals surface area contributed by atoms with Crippen molar-refractivity contribution in [3.63, 3.8) is 0 Å². The van der Waals surface area contributed by atoms with E-state index in [0.29, 0.717) is 10.9 Å². The number of hydrogen-bond donors (Lipinski definition) is 1. The Kier molecular flexibility index (Phi) is 5.49. The summed E-state index contributed by atoms with van der Waals surface area (Å²) in [6, 6.07) is 17.1. The zero-order valence-corrected chi connectivity index (χ0v) is 17.6. The largest absolute Gasteiger partial charge is 0.497 e. The van der Waals surface area contributed by atoms with Gasteiger partial charge in [0, 0.05) is 29.5 Å². The normalized spacial score (nSPS) is 10.6. The van der Waals surface area contributed by atoms with Gasteiger partial charge in [0.25, 0.3) is 0 Å². The van der Waals surface area contributed by atoms with Gasteiger partial charge in [0.1, 0.15) is 17.3 Å². The molecule has 0 saturated carbocycles. The van der Waals surface area contributed by atoms with Crippen LogP contribution < -0.4 is 14.8 Å². The maximum absolute atomic E-state index is 11.7. The highest BCUT2D eigenvalue weighted by atomic mass is 32.1. The van der Waals surface area contributed by atoms with Gasteiger partial charge in [0.2, 0.25) is 11.0 Å². The fourth-order valence-electron chi connectivity index (χ4n) is 2.96. The van der Waals surface area contributed by atoms with Gasteiger partial charge in [-0.15, -0.1) is 11.3 Å². The predicted octanol–water partition coefficient (Wildman–Crippen LogP) is 4.64. The van der Waals surface area contributed by atoms with Gasteiger partial charge in [-0.2, -0.15) is 9.78 Å². The molecule has 0 unspecified atom stereocenters. The Morgan fingerprint density at radius 3 is 2.03 bits per heavy atom. The SMILES string of the molecule is COc1ccc(-c2csc(-n3nc(-c4ccc(OC)cc4)cc3NC(C)=O)n2)cc1. The molecule has 0 aliphatic carbocycles. The van der Waals surface area contributed by atoms with Crippen LogP contribution in [0.4, 0.5) is 5.82 Å². The number of methoxy groups -OCH3 is 2. The summed E-state index contributed by atoms with van der Waals surface area (Å²) in [5.74, 6) is 1.94. The van der Waals surface area contributed by atoms with E-state index in [1.165, 1.54) is 18.3 Å². The number of carbonyl (C=O) groups excluding carboxylic acids is 1. The summed E-state index contributed by atoms with van der Waals surface area (Å²) >= 11 is 1.45. The van der Waals surface area contributed by atoms with Crippen molar-refractivity contribution in [1.82, 2.24) is 14.8 Å². The second-order valence-corrected chi connectivity index (χ2v) is 7.32. The Bertz CT molecular complexity index is 1160. The molecule has 0 aliphatic rings. The van der Waals surface area contributed by atoms with Gasteiger partial charge in [-0.3, -0.25) is 4.79 Å². The molecule has 4 rings (SSSR count). The summed E-state index contributed by atoms with van der Waals surface area (Å²) in [4.78, 5) is 16.4. The van der Waals surface area contributed by atoms with Crippen LogP contribution in [-0.2, 0) is 4.79 Å². The zero-order valence-electron chi connectivity index (χ0n) is 16.7. The Labute approximate surface area is 177 Å². The van der Waals surface area contributed by atoms with Crippen LogP contribution in [0.1, 0.15) is 6.92 Å². The van der Waals surface area contributed by atoms with Crippen molar-refractivity contribution < 1.29 is 14.3 Å². The molecular weight excluding hydrogens is 400 g/mol.